The molecule has 0 radical (unpaired) electrons. The quantitative estimate of drug-likeness (QED) is 0.374. The summed E-state index contributed by atoms with van der Waals surface area (Å²) in [5.41, 5.74) is 2.07. The minimum absolute atomic E-state index is 0.0280. The van der Waals surface area contributed by atoms with Crippen molar-refractivity contribution in [3.05, 3.63) is 47.0 Å². The standard InChI is InChI=1S/C29H30F2N4O4S/c1-34-23(36)10-7-17-12-19(15-32-27(17)34)21-9-8-20(30)14-22(21)25-26(31)40-29(33-25)35(2)28(39)18(13-24(37)38)11-16-5-3-4-6-16/h8-9,12,14-16,18H,3-7,10-11,13H2,1-2H3,(H,37,38). The zero-order valence-electron chi connectivity index (χ0n) is 22.3. The second kappa shape index (κ2) is 11.4. The van der Waals surface area contributed by atoms with Crippen LogP contribution in [0, 0.1) is 22.8 Å². The van der Waals surface area contributed by atoms with Crippen LogP contribution < -0.4 is 9.80 Å². The Bertz CT molecular complexity index is 1470. The molecular formula is C29H30F2N4O4S. The van der Waals surface area contributed by atoms with Gasteiger partial charge in [-0.1, -0.05) is 43.1 Å². The second-order valence-corrected chi connectivity index (χ2v) is 11.5. The molecule has 1 aliphatic carbocycles. The number of amides is 2. The van der Waals surface area contributed by atoms with Crippen molar-refractivity contribution in [3.8, 4) is 22.4 Å². The van der Waals surface area contributed by atoms with Crippen molar-refractivity contribution in [2.75, 3.05) is 23.9 Å². The van der Waals surface area contributed by atoms with Gasteiger partial charge in [0.1, 0.15) is 17.3 Å². The van der Waals surface area contributed by atoms with Gasteiger partial charge in [-0.05, 0) is 48.1 Å². The Hall–Kier alpha value is -3.73. The summed E-state index contributed by atoms with van der Waals surface area (Å²) in [6, 6.07) is 5.86. The van der Waals surface area contributed by atoms with Crippen LogP contribution in [0.15, 0.2) is 30.5 Å². The number of benzene rings is 1. The van der Waals surface area contributed by atoms with E-state index in [0.717, 1.165) is 31.2 Å². The highest BCUT2D eigenvalue weighted by Gasteiger charge is 2.32. The molecule has 0 spiro atoms. The van der Waals surface area contributed by atoms with Crippen LogP contribution in [-0.2, 0) is 20.8 Å². The minimum atomic E-state index is -1.06. The zero-order valence-corrected chi connectivity index (χ0v) is 23.1. The Labute approximate surface area is 234 Å². The van der Waals surface area contributed by atoms with Crippen LogP contribution in [0.2, 0.25) is 0 Å². The van der Waals surface area contributed by atoms with Gasteiger partial charge in [0.25, 0.3) is 0 Å². The minimum Gasteiger partial charge on any atom is -0.481 e. The molecule has 1 aliphatic heterocycles. The monoisotopic (exact) mass is 568 g/mol. The van der Waals surface area contributed by atoms with Crippen molar-refractivity contribution in [2.24, 2.45) is 11.8 Å². The summed E-state index contributed by atoms with van der Waals surface area (Å²) in [7, 11) is 3.13. The topological polar surface area (TPSA) is 104 Å². The van der Waals surface area contributed by atoms with Crippen LogP contribution in [-0.4, -0.2) is 47.0 Å². The fourth-order valence-electron chi connectivity index (χ4n) is 5.73. The van der Waals surface area contributed by atoms with E-state index in [1.54, 1.807) is 13.2 Å². The van der Waals surface area contributed by atoms with Crippen LogP contribution >= 0.6 is 11.3 Å². The maximum Gasteiger partial charge on any atom is 0.304 e. The smallest absolute Gasteiger partial charge is 0.304 e. The number of aryl methyl sites for hydroxylation is 1. The molecule has 2 aromatic heterocycles. The van der Waals surface area contributed by atoms with Crippen LogP contribution in [0.5, 0.6) is 0 Å². The molecule has 2 aliphatic rings. The van der Waals surface area contributed by atoms with Gasteiger partial charge in [-0.3, -0.25) is 24.2 Å². The Morgan fingerprint density at radius 2 is 1.93 bits per heavy atom. The summed E-state index contributed by atoms with van der Waals surface area (Å²) in [6.45, 7) is 0. The van der Waals surface area contributed by atoms with Crippen LogP contribution in [0.1, 0.15) is 50.5 Å². The lowest BCUT2D eigenvalue weighted by Crippen LogP contribution is -2.35. The molecule has 1 saturated carbocycles. The first kappa shape index (κ1) is 27.8. The number of hydrogen-bond donors (Lipinski definition) is 1. The lowest BCUT2D eigenvalue weighted by molar-refractivity contribution is -0.140. The van der Waals surface area contributed by atoms with Gasteiger partial charge >= 0.3 is 5.97 Å². The number of carbonyl (C=O) groups is 3. The maximum atomic E-state index is 15.4. The van der Waals surface area contributed by atoms with Crippen molar-refractivity contribution in [1.29, 1.82) is 0 Å². The number of aromatic nitrogens is 2. The van der Waals surface area contributed by atoms with E-state index in [1.165, 1.54) is 35.0 Å². The number of fused-ring (bicyclic) bond motifs is 1. The third kappa shape index (κ3) is 5.60. The molecule has 3 aromatic rings. The van der Waals surface area contributed by atoms with Gasteiger partial charge in [0.15, 0.2) is 5.13 Å². The Morgan fingerprint density at radius 3 is 2.65 bits per heavy atom. The van der Waals surface area contributed by atoms with E-state index < -0.39 is 28.7 Å². The predicted octanol–water partition coefficient (Wildman–Crippen LogP) is 5.69. The summed E-state index contributed by atoms with van der Waals surface area (Å²) < 4.78 is 29.8. The average molecular weight is 569 g/mol. The van der Waals surface area contributed by atoms with Gasteiger partial charge in [-0.2, -0.15) is 4.39 Å². The molecule has 1 fully saturated rings. The van der Waals surface area contributed by atoms with Crippen molar-refractivity contribution < 1.29 is 28.3 Å². The molecule has 2 amide bonds. The number of rotatable bonds is 8. The number of thiazole rings is 1. The molecule has 0 saturated heterocycles. The lowest BCUT2D eigenvalue weighted by atomic mass is 9.90. The highest BCUT2D eigenvalue weighted by atomic mass is 32.1. The number of anilines is 2. The van der Waals surface area contributed by atoms with Gasteiger partial charge < -0.3 is 5.11 Å². The molecule has 1 atom stereocenters. The van der Waals surface area contributed by atoms with Gasteiger partial charge in [0, 0.05) is 43.8 Å². The van der Waals surface area contributed by atoms with E-state index in [2.05, 4.69) is 9.97 Å². The average Bonchev–Trinajstić information content (AvgIpc) is 3.58. The molecular weight excluding hydrogens is 538 g/mol. The molecule has 40 heavy (non-hydrogen) atoms. The summed E-state index contributed by atoms with van der Waals surface area (Å²) in [6.07, 6.45) is 6.66. The second-order valence-electron chi connectivity index (χ2n) is 10.5. The summed E-state index contributed by atoms with van der Waals surface area (Å²) >= 11 is 0.655. The normalized spacial score (nSPS) is 16.2. The summed E-state index contributed by atoms with van der Waals surface area (Å²) in [4.78, 5) is 48.5. The van der Waals surface area contributed by atoms with E-state index in [1.807, 2.05) is 6.07 Å². The first-order valence-corrected chi connectivity index (χ1v) is 14.2. The van der Waals surface area contributed by atoms with E-state index in [-0.39, 0.29) is 28.7 Å². The van der Waals surface area contributed by atoms with Crippen LogP contribution in [0.3, 0.4) is 0 Å². The third-order valence-electron chi connectivity index (χ3n) is 7.85. The molecule has 1 aromatic carbocycles. The Balaban J connectivity index is 1.47. The lowest BCUT2D eigenvalue weighted by Gasteiger charge is -2.25. The van der Waals surface area contributed by atoms with Crippen molar-refractivity contribution in [2.45, 2.75) is 51.4 Å². The SMILES string of the molecule is CN(C(=O)C(CC(=O)O)CC1CCCC1)c1nc(-c2cc(F)ccc2-c2cnc3c(c2)CCC(=O)N3C)c(F)s1. The number of carboxylic acids is 1. The predicted molar refractivity (Wildman–Crippen MR) is 148 cm³/mol. The maximum absolute atomic E-state index is 15.4. The van der Waals surface area contributed by atoms with Crippen molar-refractivity contribution in [1.82, 2.24) is 9.97 Å². The van der Waals surface area contributed by atoms with Gasteiger partial charge in [0.2, 0.25) is 16.9 Å². The van der Waals surface area contributed by atoms with Gasteiger partial charge in [-0.15, -0.1) is 0 Å². The van der Waals surface area contributed by atoms with E-state index in [4.69, 9.17) is 0 Å². The molecule has 0 bridgehead atoms. The van der Waals surface area contributed by atoms with E-state index >= 15 is 4.39 Å². The molecule has 210 valence electrons. The Morgan fingerprint density at radius 1 is 1.18 bits per heavy atom. The number of carbonyl (C=O) groups excluding carboxylic acids is 2. The fourth-order valence-corrected chi connectivity index (χ4v) is 6.50. The van der Waals surface area contributed by atoms with Crippen molar-refractivity contribution in [3.63, 3.8) is 0 Å². The number of carboxylic acid groups (broad SMARTS) is 1. The number of halogens is 2. The highest BCUT2D eigenvalue weighted by Crippen LogP contribution is 2.40. The summed E-state index contributed by atoms with van der Waals surface area (Å²) in [5, 5.41) is 8.79. The number of hydrogen-bond acceptors (Lipinski definition) is 6. The van der Waals surface area contributed by atoms with Crippen LogP contribution in [0.4, 0.5) is 19.7 Å². The van der Waals surface area contributed by atoms with E-state index in [9.17, 15) is 23.9 Å². The first-order valence-electron chi connectivity index (χ1n) is 13.3. The van der Waals surface area contributed by atoms with Gasteiger partial charge in [-0.25, -0.2) is 14.4 Å². The van der Waals surface area contributed by atoms with Crippen molar-refractivity contribution >= 4 is 40.1 Å². The van der Waals surface area contributed by atoms with Gasteiger partial charge in [0.05, 0.1) is 6.42 Å². The van der Waals surface area contributed by atoms with E-state index in [0.29, 0.717) is 53.5 Å². The zero-order chi connectivity index (χ0) is 28.6. The third-order valence-corrected chi connectivity index (χ3v) is 8.77. The number of aliphatic carboxylic acids is 1. The number of nitrogens with zero attached hydrogens (tertiary/aromatic N) is 4. The molecule has 11 heteroatoms. The first-order chi connectivity index (χ1) is 19.1. The number of pyridine rings is 1. The molecule has 8 nitrogen and oxygen atoms in total. The fraction of sp³-hybridized carbons (Fsp3) is 0.414. The highest BCUT2D eigenvalue weighted by molar-refractivity contribution is 7.14. The largest absolute Gasteiger partial charge is 0.481 e. The summed E-state index contributed by atoms with van der Waals surface area (Å²) in [5.74, 6) is -1.98. The van der Waals surface area contributed by atoms with Crippen LogP contribution in [0.25, 0.3) is 22.4 Å². The molecule has 1 N–H and O–H groups in total. The Kier molecular flexibility index (Phi) is 7.93. The molecule has 1 unspecified atom stereocenters. The molecule has 5 rings (SSSR count). The molecule has 3 heterocycles.